The molecule has 1 aliphatic rings. The van der Waals surface area contributed by atoms with E-state index in [9.17, 15) is 4.79 Å². The monoisotopic (exact) mass is 239 g/mol. The molecule has 0 aliphatic carbocycles. The first-order valence-electron chi connectivity index (χ1n) is 5.92. The van der Waals surface area contributed by atoms with Crippen LogP contribution >= 0.6 is 0 Å². The molecule has 1 aromatic carbocycles. The lowest BCUT2D eigenvalue weighted by atomic mass is 10.1. The fourth-order valence-corrected chi connectivity index (χ4v) is 2.18. The summed E-state index contributed by atoms with van der Waals surface area (Å²) in [4.78, 5) is 14.2. The third-order valence-corrected chi connectivity index (χ3v) is 3.07. The lowest BCUT2D eigenvalue weighted by molar-refractivity contribution is 0.0736. The second-order valence-corrected chi connectivity index (χ2v) is 4.21. The summed E-state index contributed by atoms with van der Waals surface area (Å²) in [6.07, 6.45) is 5.63. The summed E-state index contributed by atoms with van der Waals surface area (Å²) in [5.74, 6) is 0.829. The van der Waals surface area contributed by atoms with Crippen LogP contribution in [-0.4, -0.2) is 17.4 Å². The van der Waals surface area contributed by atoms with Gasteiger partial charge in [0.2, 0.25) is 0 Å². The summed E-state index contributed by atoms with van der Waals surface area (Å²) in [6, 6.07) is 13.0. The van der Waals surface area contributed by atoms with Crippen LogP contribution < -0.4 is 0 Å². The summed E-state index contributed by atoms with van der Waals surface area (Å²) >= 11 is 0. The summed E-state index contributed by atoms with van der Waals surface area (Å²) < 4.78 is 5.39. The number of hydrogen-bond acceptors (Lipinski definition) is 2. The van der Waals surface area contributed by atoms with E-state index in [-0.39, 0.29) is 11.9 Å². The Kier molecular flexibility index (Phi) is 2.73. The first kappa shape index (κ1) is 10.8. The number of amides is 1. The van der Waals surface area contributed by atoms with E-state index in [1.54, 1.807) is 11.2 Å². The minimum atomic E-state index is -0.0901. The van der Waals surface area contributed by atoms with Gasteiger partial charge in [-0.2, -0.15) is 0 Å². The highest BCUT2D eigenvalue weighted by Gasteiger charge is 2.28. The van der Waals surface area contributed by atoms with Gasteiger partial charge in [-0.05, 0) is 24.3 Å². The van der Waals surface area contributed by atoms with E-state index in [4.69, 9.17) is 4.42 Å². The fraction of sp³-hybridized carbons (Fsp3) is 0.133. The summed E-state index contributed by atoms with van der Waals surface area (Å²) in [6.45, 7) is 0.624. The molecule has 18 heavy (non-hydrogen) atoms. The van der Waals surface area contributed by atoms with E-state index in [1.807, 2.05) is 54.6 Å². The zero-order chi connectivity index (χ0) is 12.4. The van der Waals surface area contributed by atoms with Crippen molar-refractivity contribution in [2.75, 3.05) is 6.54 Å². The van der Waals surface area contributed by atoms with Gasteiger partial charge in [0.1, 0.15) is 11.8 Å². The molecule has 1 atom stereocenters. The largest absolute Gasteiger partial charge is 0.467 e. The third kappa shape index (κ3) is 1.84. The lowest BCUT2D eigenvalue weighted by Gasteiger charge is -2.23. The molecular weight excluding hydrogens is 226 g/mol. The maximum atomic E-state index is 12.4. The highest BCUT2D eigenvalue weighted by molar-refractivity contribution is 5.94. The van der Waals surface area contributed by atoms with Gasteiger partial charge in [-0.1, -0.05) is 30.4 Å². The van der Waals surface area contributed by atoms with Crippen molar-refractivity contribution in [1.29, 1.82) is 0 Å². The van der Waals surface area contributed by atoms with E-state index >= 15 is 0 Å². The fourth-order valence-electron chi connectivity index (χ4n) is 2.18. The number of benzene rings is 1. The molecule has 0 fully saturated rings. The average Bonchev–Trinajstić information content (AvgIpc) is 3.09. The van der Waals surface area contributed by atoms with Crippen LogP contribution in [0.2, 0.25) is 0 Å². The van der Waals surface area contributed by atoms with Crippen molar-refractivity contribution < 1.29 is 9.21 Å². The zero-order valence-electron chi connectivity index (χ0n) is 9.82. The molecule has 0 saturated heterocycles. The molecule has 3 nitrogen and oxygen atoms in total. The van der Waals surface area contributed by atoms with E-state index in [2.05, 4.69) is 0 Å². The van der Waals surface area contributed by atoms with Crippen molar-refractivity contribution in [1.82, 2.24) is 4.90 Å². The van der Waals surface area contributed by atoms with Crippen LogP contribution in [0, 0.1) is 0 Å². The quantitative estimate of drug-likeness (QED) is 0.755. The zero-order valence-corrected chi connectivity index (χ0v) is 9.82. The van der Waals surface area contributed by atoms with Gasteiger partial charge in [0.15, 0.2) is 0 Å². The number of hydrogen-bond donors (Lipinski definition) is 0. The van der Waals surface area contributed by atoms with Gasteiger partial charge in [-0.15, -0.1) is 0 Å². The smallest absolute Gasteiger partial charge is 0.255 e. The van der Waals surface area contributed by atoms with Crippen molar-refractivity contribution in [3.63, 3.8) is 0 Å². The predicted molar refractivity (Wildman–Crippen MR) is 68.1 cm³/mol. The van der Waals surface area contributed by atoms with Crippen LogP contribution in [0.5, 0.6) is 0 Å². The Morgan fingerprint density at radius 1 is 1.17 bits per heavy atom. The molecule has 3 rings (SSSR count). The maximum Gasteiger partial charge on any atom is 0.255 e. The Morgan fingerprint density at radius 3 is 2.72 bits per heavy atom. The Bertz CT molecular complexity index is 557. The normalized spacial score (nSPS) is 18.2. The Balaban J connectivity index is 1.87. The SMILES string of the molecule is O=C(c1ccccc1)N1CC=C[C@H]1c1ccco1. The molecule has 0 bridgehead atoms. The standard InChI is InChI=1S/C15H13NO2/c17-15(12-6-2-1-3-7-12)16-10-4-8-13(16)14-9-5-11-18-14/h1-9,11,13H,10H2/t13-/m0/s1. The maximum absolute atomic E-state index is 12.4. The minimum Gasteiger partial charge on any atom is -0.467 e. The van der Waals surface area contributed by atoms with Crippen molar-refractivity contribution in [2.45, 2.75) is 6.04 Å². The second-order valence-electron chi connectivity index (χ2n) is 4.21. The van der Waals surface area contributed by atoms with Gasteiger partial charge in [-0.3, -0.25) is 4.79 Å². The van der Waals surface area contributed by atoms with E-state index in [0.717, 1.165) is 5.76 Å². The molecular formula is C15H13NO2. The van der Waals surface area contributed by atoms with Crippen LogP contribution in [0.25, 0.3) is 0 Å². The van der Waals surface area contributed by atoms with E-state index in [1.165, 1.54) is 0 Å². The Labute approximate surface area is 105 Å². The van der Waals surface area contributed by atoms with Gasteiger partial charge in [0.25, 0.3) is 5.91 Å². The molecule has 0 spiro atoms. The minimum absolute atomic E-state index is 0.0296. The first-order valence-corrected chi connectivity index (χ1v) is 5.92. The Hall–Kier alpha value is -2.29. The molecule has 0 saturated carbocycles. The van der Waals surface area contributed by atoms with Crippen molar-refractivity contribution >= 4 is 5.91 Å². The highest BCUT2D eigenvalue weighted by atomic mass is 16.3. The Morgan fingerprint density at radius 2 is 2.00 bits per heavy atom. The van der Waals surface area contributed by atoms with Gasteiger partial charge in [0, 0.05) is 12.1 Å². The van der Waals surface area contributed by atoms with Crippen LogP contribution in [0.4, 0.5) is 0 Å². The molecule has 0 N–H and O–H groups in total. The molecule has 3 heteroatoms. The van der Waals surface area contributed by atoms with Crippen LogP contribution in [-0.2, 0) is 0 Å². The molecule has 0 unspecified atom stereocenters. The number of furan rings is 1. The molecule has 1 aromatic heterocycles. The average molecular weight is 239 g/mol. The lowest BCUT2D eigenvalue weighted by Crippen LogP contribution is -2.30. The third-order valence-electron chi connectivity index (χ3n) is 3.07. The number of rotatable bonds is 2. The molecule has 1 aliphatic heterocycles. The molecule has 2 aromatic rings. The van der Waals surface area contributed by atoms with Gasteiger partial charge < -0.3 is 9.32 Å². The highest BCUT2D eigenvalue weighted by Crippen LogP contribution is 2.28. The predicted octanol–water partition coefficient (Wildman–Crippen LogP) is 3.03. The second kappa shape index (κ2) is 4.53. The van der Waals surface area contributed by atoms with Crippen molar-refractivity contribution in [3.05, 3.63) is 72.2 Å². The summed E-state index contributed by atoms with van der Waals surface area (Å²) in [7, 11) is 0. The molecule has 2 heterocycles. The van der Waals surface area contributed by atoms with Crippen molar-refractivity contribution in [3.8, 4) is 0 Å². The molecule has 0 radical (unpaired) electrons. The van der Waals surface area contributed by atoms with Crippen molar-refractivity contribution in [2.24, 2.45) is 0 Å². The van der Waals surface area contributed by atoms with Gasteiger partial charge >= 0.3 is 0 Å². The van der Waals surface area contributed by atoms with Gasteiger partial charge in [0.05, 0.1) is 6.26 Å². The van der Waals surface area contributed by atoms with Crippen LogP contribution in [0.15, 0.2) is 65.3 Å². The molecule has 90 valence electrons. The van der Waals surface area contributed by atoms with Crippen LogP contribution in [0.1, 0.15) is 22.2 Å². The number of carbonyl (C=O) groups is 1. The van der Waals surface area contributed by atoms with Gasteiger partial charge in [-0.25, -0.2) is 0 Å². The summed E-state index contributed by atoms with van der Waals surface area (Å²) in [5.41, 5.74) is 0.706. The van der Waals surface area contributed by atoms with E-state index < -0.39 is 0 Å². The van der Waals surface area contributed by atoms with E-state index in [0.29, 0.717) is 12.1 Å². The number of nitrogens with zero attached hydrogens (tertiary/aromatic N) is 1. The number of carbonyl (C=O) groups excluding carboxylic acids is 1. The van der Waals surface area contributed by atoms with Crippen LogP contribution in [0.3, 0.4) is 0 Å². The molecule has 1 amide bonds. The topological polar surface area (TPSA) is 33.5 Å². The first-order chi connectivity index (χ1) is 8.86. The summed E-state index contributed by atoms with van der Waals surface area (Å²) in [5, 5.41) is 0.